The lowest BCUT2D eigenvalue weighted by Crippen LogP contribution is -2.40. The molecule has 0 aliphatic carbocycles. The minimum atomic E-state index is -0.311. The third-order valence-corrected chi connectivity index (χ3v) is 4.23. The van der Waals surface area contributed by atoms with E-state index >= 15 is 0 Å². The summed E-state index contributed by atoms with van der Waals surface area (Å²) in [7, 11) is 0. The molecule has 0 saturated carbocycles. The number of benzene rings is 1. The Kier molecular flexibility index (Phi) is 6.37. The molecular weight excluding hydrogens is 279 g/mol. The molecule has 4 heteroatoms. The summed E-state index contributed by atoms with van der Waals surface area (Å²) < 4.78 is 13.5. The maximum absolute atomic E-state index is 13.5. The molecule has 22 heavy (non-hydrogen) atoms. The average Bonchev–Trinajstić information content (AvgIpc) is 2.45. The number of nitrogens with one attached hydrogen (secondary N) is 1. The predicted octanol–water partition coefficient (Wildman–Crippen LogP) is 2.85. The first kappa shape index (κ1) is 16.9. The van der Waals surface area contributed by atoms with Gasteiger partial charge in [0.2, 0.25) is 5.91 Å². The molecule has 1 aromatic carbocycles. The molecule has 1 amide bonds. The molecule has 1 aliphatic heterocycles. The van der Waals surface area contributed by atoms with Crippen molar-refractivity contribution in [3.63, 3.8) is 0 Å². The molecule has 0 unspecified atom stereocenters. The van der Waals surface area contributed by atoms with Crippen LogP contribution in [0.4, 0.5) is 4.39 Å². The Labute approximate surface area is 132 Å². The highest BCUT2D eigenvalue weighted by Crippen LogP contribution is 2.20. The van der Waals surface area contributed by atoms with Gasteiger partial charge in [-0.15, -0.1) is 0 Å². The number of likely N-dealkylation sites (tertiary alicyclic amines) is 1. The van der Waals surface area contributed by atoms with Gasteiger partial charge in [0, 0.05) is 19.6 Å². The summed E-state index contributed by atoms with van der Waals surface area (Å²) in [6.45, 7) is 8.61. The van der Waals surface area contributed by atoms with Crippen molar-refractivity contribution >= 4 is 5.91 Å². The zero-order valence-electron chi connectivity index (χ0n) is 13.6. The van der Waals surface area contributed by atoms with Crippen molar-refractivity contribution in [3.05, 3.63) is 35.6 Å². The van der Waals surface area contributed by atoms with Gasteiger partial charge >= 0.3 is 0 Å². The summed E-state index contributed by atoms with van der Waals surface area (Å²) in [4.78, 5) is 14.3. The summed E-state index contributed by atoms with van der Waals surface area (Å²) >= 11 is 0. The Morgan fingerprint density at radius 2 is 1.95 bits per heavy atom. The zero-order valence-corrected chi connectivity index (χ0v) is 13.6. The lowest BCUT2D eigenvalue weighted by atomic mass is 9.92. The minimum absolute atomic E-state index is 0.106. The molecule has 2 rings (SSSR count). The topological polar surface area (TPSA) is 32.3 Å². The number of hydrogen-bond acceptors (Lipinski definition) is 2. The number of nitrogens with zero attached hydrogens (tertiary/aromatic N) is 1. The van der Waals surface area contributed by atoms with Gasteiger partial charge < -0.3 is 10.2 Å². The first-order chi connectivity index (χ1) is 10.5. The van der Waals surface area contributed by atoms with E-state index in [1.54, 1.807) is 18.2 Å². The van der Waals surface area contributed by atoms with E-state index in [4.69, 9.17) is 0 Å². The molecule has 1 N–H and O–H groups in total. The second kappa shape index (κ2) is 8.28. The second-order valence-corrected chi connectivity index (χ2v) is 6.68. The molecule has 1 heterocycles. The van der Waals surface area contributed by atoms with Crippen LogP contribution < -0.4 is 5.32 Å². The molecule has 0 radical (unpaired) electrons. The first-order valence-electron chi connectivity index (χ1n) is 8.27. The number of piperidine rings is 1. The third-order valence-electron chi connectivity index (χ3n) is 4.23. The molecule has 1 saturated heterocycles. The van der Waals surface area contributed by atoms with Gasteiger partial charge in [-0.1, -0.05) is 32.0 Å². The van der Waals surface area contributed by atoms with Gasteiger partial charge in [0.1, 0.15) is 5.82 Å². The van der Waals surface area contributed by atoms with E-state index in [0.29, 0.717) is 12.1 Å². The fraction of sp³-hybridized carbons (Fsp3) is 0.611. The van der Waals surface area contributed by atoms with Gasteiger partial charge in [0.05, 0.1) is 6.42 Å². The monoisotopic (exact) mass is 306 g/mol. The number of rotatable bonds is 6. The summed E-state index contributed by atoms with van der Waals surface area (Å²) in [6.07, 6.45) is 2.38. The Balaban J connectivity index is 1.64. The van der Waals surface area contributed by atoms with Crippen LogP contribution in [0.5, 0.6) is 0 Å². The Morgan fingerprint density at radius 3 is 2.64 bits per heavy atom. The van der Waals surface area contributed by atoms with Crippen LogP contribution in [0.25, 0.3) is 0 Å². The number of carbonyl (C=O) groups excluding carboxylic acids is 1. The lowest BCUT2D eigenvalue weighted by molar-refractivity contribution is -0.120. The molecule has 122 valence electrons. The van der Waals surface area contributed by atoms with Crippen molar-refractivity contribution in [2.24, 2.45) is 11.8 Å². The van der Waals surface area contributed by atoms with Gasteiger partial charge in [-0.2, -0.15) is 0 Å². The summed E-state index contributed by atoms with van der Waals surface area (Å²) in [6, 6.07) is 6.44. The van der Waals surface area contributed by atoms with Crippen molar-refractivity contribution in [2.45, 2.75) is 33.1 Å². The quantitative estimate of drug-likeness (QED) is 0.820. The summed E-state index contributed by atoms with van der Waals surface area (Å²) in [5, 5.41) is 2.89. The fourth-order valence-electron chi connectivity index (χ4n) is 3.38. The lowest BCUT2D eigenvalue weighted by Gasteiger charge is -2.34. The highest BCUT2D eigenvalue weighted by atomic mass is 19.1. The molecule has 0 bridgehead atoms. The van der Waals surface area contributed by atoms with Gasteiger partial charge in [-0.25, -0.2) is 4.39 Å². The fourth-order valence-corrected chi connectivity index (χ4v) is 3.38. The van der Waals surface area contributed by atoms with Crippen molar-refractivity contribution in [1.82, 2.24) is 10.2 Å². The SMILES string of the molecule is C[C@@H]1C[C@H](C)CN(CCCNC(=O)Cc2ccccc2F)C1. The van der Waals surface area contributed by atoms with E-state index in [9.17, 15) is 9.18 Å². The van der Waals surface area contributed by atoms with E-state index in [1.807, 2.05) is 0 Å². The average molecular weight is 306 g/mol. The molecule has 1 fully saturated rings. The summed E-state index contributed by atoms with van der Waals surface area (Å²) in [5.41, 5.74) is 0.457. The molecular formula is C18H27FN2O. The largest absolute Gasteiger partial charge is 0.356 e. The van der Waals surface area contributed by atoms with Crippen LogP contribution >= 0.6 is 0 Å². The van der Waals surface area contributed by atoms with Gasteiger partial charge in [-0.05, 0) is 42.9 Å². The second-order valence-electron chi connectivity index (χ2n) is 6.68. The normalized spacial score (nSPS) is 22.5. The van der Waals surface area contributed by atoms with E-state index < -0.39 is 0 Å². The van der Waals surface area contributed by atoms with E-state index in [1.165, 1.54) is 12.5 Å². The highest BCUT2D eigenvalue weighted by molar-refractivity contribution is 5.78. The van der Waals surface area contributed by atoms with Crippen LogP contribution in [-0.4, -0.2) is 37.0 Å². The zero-order chi connectivity index (χ0) is 15.9. The Bertz CT molecular complexity index is 482. The van der Waals surface area contributed by atoms with E-state index in [2.05, 4.69) is 24.1 Å². The predicted molar refractivity (Wildman–Crippen MR) is 87.1 cm³/mol. The van der Waals surface area contributed by atoms with Crippen LogP contribution in [0.3, 0.4) is 0 Å². The van der Waals surface area contributed by atoms with Gasteiger partial charge in [0.15, 0.2) is 0 Å². The standard InChI is InChI=1S/C18H27FN2O/c1-14-10-15(2)13-21(12-14)9-5-8-20-18(22)11-16-6-3-4-7-17(16)19/h3-4,6-7,14-15H,5,8-13H2,1-2H3,(H,20,22)/t14-,15+. The molecule has 1 aliphatic rings. The maximum Gasteiger partial charge on any atom is 0.224 e. The molecule has 0 aromatic heterocycles. The van der Waals surface area contributed by atoms with Crippen LogP contribution in [-0.2, 0) is 11.2 Å². The van der Waals surface area contributed by atoms with Crippen LogP contribution in [0.15, 0.2) is 24.3 Å². The number of carbonyl (C=O) groups is 1. The minimum Gasteiger partial charge on any atom is -0.356 e. The van der Waals surface area contributed by atoms with Crippen molar-refractivity contribution in [3.8, 4) is 0 Å². The number of halogens is 1. The Morgan fingerprint density at radius 1 is 1.27 bits per heavy atom. The molecule has 2 atom stereocenters. The molecule has 3 nitrogen and oxygen atoms in total. The summed E-state index contributed by atoms with van der Waals surface area (Å²) in [5.74, 6) is 1.11. The van der Waals surface area contributed by atoms with Crippen LogP contribution in [0.1, 0.15) is 32.3 Å². The maximum atomic E-state index is 13.5. The molecule has 1 aromatic rings. The van der Waals surface area contributed by atoms with E-state index in [0.717, 1.165) is 37.9 Å². The first-order valence-corrected chi connectivity index (χ1v) is 8.27. The Hall–Kier alpha value is -1.42. The van der Waals surface area contributed by atoms with Gasteiger partial charge in [0.25, 0.3) is 0 Å². The number of amides is 1. The van der Waals surface area contributed by atoms with Crippen molar-refractivity contribution in [1.29, 1.82) is 0 Å². The van der Waals surface area contributed by atoms with Crippen LogP contribution in [0.2, 0.25) is 0 Å². The smallest absolute Gasteiger partial charge is 0.224 e. The molecule has 0 spiro atoms. The number of hydrogen-bond donors (Lipinski definition) is 1. The van der Waals surface area contributed by atoms with E-state index in [-0.39, 0.29) is 18.1 Å². The third kappa shape index (κ3) is 5.41. The van der Waals surface area contributed by atoms with Crippen molar-refractivity contribution < 1.29 is 9.18 Å². The van der Waals surface area contributed by atoms with Crippen molar-refractivity contribution in [2.75, 3.05) is 26.2 Å². The highest BCUT2D eigenvalue weighted by Gasteiger charge is 2.21. The van der Waals surface area contributed by atoms with Crippen LogP contribution in [0, 0.1) is 17.7 Å². The van der Waals surface area contributed by atoms with Gasteiger partial charge in [-0.3, -0.25) is 4.79 Å².